The smallest absolute Gasteiger partial charge is 0.361 e. The van der Waals surface area contributed by atoms with Crippen LogP contribution in [-0.2, 0) is 11.3 Å². The summed E-state index contributed by atoms with van der Waals surface area (Å²) in [4.78, 5) is 11.5. The standard InChI is InChI=1S/C10H11F2N5O3/c1-3-19-10(18)7-8(9(11)12)17(16-15-7)4-6-14-13-5(2)20-6/h9H,3-4H2,1-2H3. The van der Waals surface area contributed by atoms with E-state index in [1.807, 2.05) is 0 Å². The molecule has 0 aliphatic heterocycles. The van der Waals surface area contributed by atoms with E-state index in [2.05, 4.69) is 25.2 Å². The van der Waals surface area contributed by atoms with Crippen molar-refractivity contribution >= 4 is 5.97 Å². The van der Waals surface area contributed by atoms with Gasteiger partial charge in [-0.1, -0.05) is 5.21 Å². The number of aryl methyl sites for hydroxylation is 1. The molecule has 0 fully saturated rings. The van der Waals surface area contributed by atoms with Crippen molar-refractivity contribution < 1.29 is 22.7 Å². The van der Waals surface area contributed by atoms with E-state index in [1.54, 1.807) is 13.8 Å². The van der Waals surface area contributed by atoms with E-state index in [9.17, 15) is 13.6 Å². The van der Waals surface area contributed by atoms with E-state index in [1.165, 1.54) is 0 Å². The van der Waals surface area contributed by atoms with Crippen molar-refractivity contribution in [2.75, 3.05) is 6.61 Å². The third-order valence-electron chi connectivity index (χ3n) is 2.30. The summed E-state index contributed by atoms with van der Waals surface area (Å²) in [5, 5.41) is 14.2. The highest BCUT2D eigenvalue weighted by Gasteiger charge is 2.28. The first kappa shape index (κ1) is 14.0. The summed E-state index contributed by atoms with van der Waals surface area (Å²) in [6.45, 7) is 2.98. The van der Waals surface area contributed by atoms with Crippen LogP contribution in [0.15, 0.2) is 4.42 Å². The van der Waals surface area contributed by atoms with Gasteiger partial charge in [-0.25, -0.2) is 18.3 Å². The number of alkyl halides is 2. The summed E-state index contributed by atoms with van der Waals surface area (Å²) < 4.78 is 36.7. The van der Waals surface area contributed by atoms with Crippen molar-refractivity contribution in [1.29, 1.82) is 0 Å². The van der Waals surface area contributed by atoms with Crippen LogP contribution in [0.4, 0.5) is 8.78 Å². The van der Waals surface area contributed by atoms with Gasteiger partial charge in [0.1, 0.15) is 12.2 Å². The fourth-order valence-corrected chi connectivity index (χ4v) is 1.53. The molecule has 0 unspecified atom stereocenters. The normalized spacial score (nSPS) is 11.1. The quantitative estimate of drug-likeness (QED) is 0.760. The van der Waals surface area contributed by atoms with Crippen LogP contribution < -0.4 is 0 Å². The molecule has 0 radical (unpaired) electrons. The lowest BCUT2D eigenvalue weighted by molar-refractivity contribution is 0.0506. The van der Waals surface area contributed by atoms with Crippen LogP contribution in [0.1, 0.15) is 41.3 Å². The largest absolute Gasteiger partial charge is 0.461 e. The first-order valence-corrected chi connectivity index (χ1v) is 5.70. The van der Waals surface area contributed by atoms with Crippen LogP contribution in [0.25, 0.3) is 0 Å². The van der Waals surface area contributed by atoms with Gasteiger partial charge in [0.05, 0.1) is 6.61 Å². The van der Waals surface area contributed by atoms with E-state index in [0.717, 1.165) is 4.68 Å². The molecule has 0 aliphatic rings. The lowest BCUT2D eigenvalue weighted by Crippen LogP contribution is -2.12. The van der Waals surface area contributed by atoms with Crippen LogP contribution >= 0.6 is 0 Å². The molecular formula is C10H11F2N5O3. The Hall–Kier alpha value is -2.39. The molecule has 0 saturated carbocycles. The number of halogens is 2. The van der Waals surface area contributed by atoms with Gasteiger partial charge in [0, 0.05) is 6.92 Å². The molecule has 2 rings (SSSR count). The van der Waals surface area contributed by atoms with Crippen molar-refractivity contribution in [3.63, 3.8) is 0 Å². The fraction of sp³-hybridized carbons (Fsp3) is 0.500. The number of esters is 1. The molecule has 0 aromatic carbocycles. The van der Waals surface area contributed by atoms with E-state index in [0.29, 0.717) is 5.89 Å². The Morgan fingerprint density at radius 1 is 1.40 bits per heavy atom. The second-order valence-corrected chi connectivity index (χ2v) is 3.72. The molecule has 0 bridgehead atoms. The minimum Gasteiger partial charge on any atom is -0.461 e. The number of nitrogens with zero attached hydrogens (tertiary/aromatic N) is 5. The van der Waals surface area contributed by atoms with Gasteiger partial charge in [-0.3, -0.25) is 0 Å². The minimum absolute atomic E-state index is 0.0528. The van der Waals surface area contributed by atoms with Gasteiger partial charge in [0.15, 0.2) is 5.69 Å². The van der Waals surface area contributed by atoms with Crippen LogP contribution in [0.2, 0.25) is 0 Å². The van der Waals surface area contributed by atoms with Crippen molar-refractivity contribution in [3.8, 4) is 0 Å². The Balaban J connectivity index is 2.31. The Labute approximate surface area is 111 Å². The third-order valence-corrected chi connectivity index (χ3v) is 2.30. The number of aromatic nitrogens is 5. The first-order valence-electron chi connectivity index (χ1n) is 5.70. The van der Waals surface area contributed by atoms with E-state index >= 15 is 0 Å². The monoisotopic (exact) mass is 287 g/mol. The number of hydrogen-bond acceptors (Lipinski definition) is 7. The molecule has 0 amide bonds. The molecule has 2 heterocycles. The summed E-state index contributed by atoms with van der Waals surface area (Å²) in [6.07, 6.45) is -2.94. The lowest BCUT2D eigenvalue weighted by Gasteiger charge is -2.04. The second-order valence-electron chi connectivity index (χ2n) is 3.72. The predicted molar refractivity (Wildman–Crippen MR) is 59.1 cm³/mol. The summed E-state index contributed by atoms with van der Waals surface area (Å²) in [5.41, 5.74) is -1.16. The van der Waals surface area contributed by atoms with Crippen molar-refractivity contribution in [3.05, 3.63) is 23.2 Å². The molecule has 8 nitrogen and oxygen atoms in total. The summed E-state index contributed by atoms with van der Waals surface area (Å²) in [7, 11) is 0. The second kappa shape index (κ2) is 5.72. The van der Waals surface area contributed by atoms with Gasteiger partial charge in [0.2, 0.25) is 11.8 Å². The Kier molecular flexibility index (Phi) is 4.01. The van der Waals surface area contributed by atoms with Crippen LogP contribution in [0, 0.1) is 6.92 Å². The maximum Gasteiger partial charge on any atom is 0.361 e. The summed E-state index contributed by atoms with van der Waals surface area (Å²) in [6, 6.07) is 0. The lowest BCUT2D eigenvalue weighted by atomic mass is 10.3. The third kappa shape index (κ3) is 2.78. The molecule has 0 spiro atoms. The molecule has 0 N–H and O–H groups in total. The van der Waals surface area contributed by atoms with Crippen LogP contribution in [0.3, 0.4) is 0 Å². The van der Waals surface area contributed by atoms with E-state index in [-0.39, 0.29) is 19.0 Å². The topological polar surface area (TPSA) is 95.9 Å². The number of hydrogen-bond donors (Lipinski definition) is 0. The molecule has 0 saturated heterocycles. The molecule has 2 aromatic heterocycles. The average molecular weight is 287 g/mol. The Morgan fingerprint density at radius 3 is 2.70 bits per heavy atom. The van der Waals surface area contributed by atoms with Crippen molar-refractivity contribution in [2.24, 2.45) is 0 Å². The zero-order chi connectivity index (χ0) is 14.7. The van der Waals surface area contributed by atoms with Gasteiger partial charge in [-0.15, -0.1) is 15.3 Å². The molecule has 0 aliphatic carbocycles. The van der Waals surface area contributed by atoms with Crippen molar-refractivity contribution in [1.82, 2.24) is 25.2 Å². The fourth-order valence-electron chi connectivity index (χ4n) is 1.53. The number of carbonyl (C=O) groups excluding carboxylic acids is 1. The van der Waals surface area contributed by atoms with E-state index < -0.39 is 23.8 Å². The number of rotatable bonds is 5. The zero-order valence-corrected chi connectivity index (χ0v) is 10.7. The predicted octanol–water partition coefficient (Wildman–Crippen LogP) is 1.13. The zero-order valence-electron chi connectivity index (χ0n) is 10.7. The van der Waals surface area contributed by atoms with Crippen LogP contribution in [0.5, 0.6) is 0 Å². The maximum absolute atomic E-state index is 13.1. The van der Waals surface area contributed by atoms with Gasteiger partial charge in [-0.2, -0.15) is 0 Å². The molecule has 0 atom stereocenters. The highest BCUT2D eigenvalue weighted by atomic mass is 19.3. The first-order chi connectivity index (χ1) is 9.52. The Morgan fingerprint density at radius 2 is 2.15 bits per heavy atom. The summed E-state index contributed by atoms with van der Waals surface area (Å²) >= 11 is 0. The average Bonchev–Trinajstić information content (AvgIpc) is 2.96. The van der Waals surface area contributed by atoms with Gasteiger partial charge < -0.3 is 9.15 Å². The molecular weight excluding hydrogens is 276 g/mol. The molecule has 10 heteroatoms. The number of carbonyl (C=O) groups is 1. The SMILES string of the molecule is CCOC(=O)c1nnn(Cc2nnc(C)o2)c1C(F)F. The molecule has 108 valence electrons. The van der Waals surface area contributed by atoms with Crippen molar-refractivity contribution in [2.45, 2.75) is 26.8 Å². The maximum atomic E-state index is 13.1. The minimum atomic E-state index is -2.94. The molecule has 20 heavy (non-hydrogen) atoms. The number of ether oxygens (including phenoxy) is 1. The Bertz CT molecular complexity index is 610. The van der Waals surface area contributed by atoms with E-state index in [4.69, 9.17) is 4.42 Å². The molecule has 2 aromatic rings. The van der Waals surface area contributed by atoms with Gasteiger partial charge >= 0.3 is 5.97 Å². The highest BCUT2D eigenvalue weighted by Crippen LogP contribution is 2.22. The van der Waals surface area contributed by atoms with Gasteiger partial charge in [0.25, 0.3) is 6.43 Å². The van der Waals surface area contributed by atoms with Gasteiger partial charge in [-0.05, 0) is 6.92 Å². The highest BCUT2D eigenvalue weighted by molar-refractivity contribution is 5.88. The van der Waals surface area contributed by atoms with Crippen LogP contribution in [-0.4, -0.2) is 37.8 Å². The summed E-state index contributed by atoms with van der Waals surface area (Å²) in [5.74, 6) is -0.565.